The van der Waals surface area contributed by atoms with Gasteiger partial charge in [-0.1, -0.05) is 19.3 Å². The van der Waals surface area contributed by atoms with Gasteiger partial charge in [0, 0.05) is 13.0 Å². The lowest BCUT2D eigenvalue weighted by Crippen LogP contribution is -2.35. The zero-order chi connectivity index (χ0) is 12.1. The maximum atomic E-state index is 9.94. The van der Waals surface area contributed by atoms with E-state index in [0.29, 0.717) is 18.9 Å². The summed E-state index contributed by atoms with van der Waals surface area (Å²) < 4.78 is 0. The molecule has 2 fully saturated rings. The molecule has 0 aromatic rings. The Balaban J connectivity index is 2.03. The Morgan fingerprint density at radius 1 is 1.18 bits per heavy atom. The summed E-state index contributed by atoms with van der Waals surface area (Å²) in [6.07, 6.45) is 12.0. The van der Waals surface area contributed by atoms with Crippen molar-refractivity contribution in [3.8, 4) is 6.07 Å². The first-order chi connectivity index (χ1) is 8.33. The standard InChI is InChI=1S/C15H25NO/c16-11-5-3-7-14-9-8-13-6-2-1-4-10-15(13,14)12-17/h13-14,17H,1-10,12H2/t13-,14+,15+/m0/s1. The normalized spacial score (nSPS) is 37.2. The first kappa shape index (κ1) is 12.9. The lowest BCUT2D eigenvalue weighted by molar-refractivity contribution is 0.0306. The molecule has 2 aliphatic carbocycles. The van der Waals surface area contributed by atoms with Crippen molar-refractivity contribution in [2.24, 2.45) is 17.3 Å². The number of aliphatic hydroxyl groups is 1. The van der Waals surface area contributed by atoms with Crippen LogP contribution >= 0.6 is 0 Å². The van der Waals surface area contributed by atoms with Crippen LogP contribution in [0.5, 0.6) is 0 Å². The van der Waals surface area contributed by atoms with Crippen molar-refractivity contribution in [3.63, 3.8) is 0 Å². The Kier molecular flexibility index (Phi) is 4.45. The van der Waals surface area contributed by atoms with E-state index in [2.05, 4.69) is 6.07 Å². The second kappa shape index (κ2) is 5.87. The van der Waals surface area contributed by atoms with Crippen LogP contribution in [-0.2, 0) is 0 Å². The van der Waals surface area contributed by atoms with Crippen molar-refractivity contribution in [2.45, 2.75) is 64.2 Å². The van der Waals surface area contributed by atoms with Crippen LogP contribution in [0.15, 0.2) is 0 Å². The molecule has 0 unspecified atom stereocenters. The van der Waals surface area contributed by atoms with Gasteiger partial charge in [0.1, 0.15) is 0 Å². The fourth-order valence-corrected chi connectivity index (χ4v) is 4.37. The van der Waals surface area contributed by atoms with Gasteiger partial charge in [0.2, 0.25) is 0 Å². The molecule has 0 radical (unpaired) electrons. The highest BCUT2D eigenvalue weighted by atomic mass is 16.3. The van der Waals surface area contributed by atoms with Crippen molar-refractivity contribution in [2.75, 3.05) is 6.61 Å². The first-order valence-electron chi connectivity index (χ1n) is 7.31. The van der Waals surface area contributed by atoms with Crippen LogP contribution in [-0.4, -0.2) is 11.7 Å². The van der Waals surface area contributed by atoms with Crippen LogP contribution < -0.4 is 0 Å². The molecule has 0 spiro atoms. The molecule has 2 rings (SSSR count). The molecule has 2 saturated carbocycles. The van der Waals surface area contributed by atoms with Crippen LogP contribution in [0.3, 0.4) is 0 Å². The molecule has 2 heteroatoms. The Hall–Kier alpha value is -0.550. The van der Waals surface area contributed by atoms with Crippen LogP contribution in [0.25, 0.3) is 0 Å². The number of hydrogen-bond donors (Lipinski definition) is 1. The Morgan fingerprint density at radius 3 is 2.82 bits per heavy atom. The van der Waals surface area contributed by atoms with E-state index < -0.39 is 0 Å². The largest absolute Gasteiger partial charge is 0.396 e. The molecular formula is C15H25NO. The Morgan fingerprint density at radius 2 is 2.06 bits per heavy atom. The van der Waals surface area contributed by atoms with E-state index >= 15 is 0 Å². The molecule has 0 heterocycles. The molecule has 2 nitrogen and oxygen atoms in total. The molecule has 0 aliphatic heterocycles. The lowest BCUT2D eigenvalue weighted by atomic mass is 9.68. The number of nitrogens with zero attached hydrogens (tertiary/aromatic N) is 1. The minimum Gasteiger partial charge on any atom is -0.396 e. The highest BCUT2D eigenvalue weighted by Crippen LogP contribution is 2.55. The van der Waals surface area contributed by atoms with Gasteiger partial charge in [-0.05, 0) is 55.8 Å². The second-order valence-corrected chi connectivity index (χ2v) is 6.01. The topological polar surface area (TPSA) is 44.0 Å². The molecule has 3 atom stereocenters. The van der Waals surface area contributed by atoms with Crippen LogP contribution in [0.2, 0.25) is 0 Å². The van der Waals surface area contributed by atoms with E-state index in [9.17, 15) is 5.11 Å². The van der Waals surface area contributed by atoms with Crippen molar-refractivity contribution < 1.29 is 5.11 Å². The minimum atomic E-state index is 0.228. The average molecular weight is 235 g/mol. The monoisotopic (exact) mass is 235 g/mol. The first-order valence-corrected chi connectivity index (χ1v) is 7.31. The summed E-state index contributed by atoms with van der Waals surface area (Å²) >= 11 is 0. The van der Waals surface area contributed by atoms with E-state index in [1.807, 2.05) is 0 Å². The maximum absolute atomic E-state index is 9.94. The molecule has 0 saturated heterocycles. The summed E-state index contributed by atoms with van der Waals surface area (Å²) in [5.41, 5.74) is 0.228. The quantitative estimate of drug-likeness (QED) is 0.756. The number of hydrogen-bond acceptors (Lipinski definition) is 2. The molecule has 1 N–H and O–H groups in total. The molecule has 0 aromatic heterocycles. The van der Waals surface area contributed by atoms with Crippen molar-refractivity contribution in [1.82, 2.24) is 0 Å². The van der Waals surface area contributed by atoms with Gasteiger partial charge in [0.05, 0.1) is 6.07 Å². The molecule has 2 aliphatic rings. The summed E-state index contributed by atoms with van der Waals surface area (Å²) in [6.45, 7) is 0.384. The number of fused-ring (bicyclic) bond motifs is 1. The lowest BCUT2D eigenvalue weighted by Gasteiger charge is -2.38. The third kappa shape index (κ3) is 2.50. The van der Waals surface area contributed by atoms with Gasteiger partial charge in [-0.2, -0.15) is 5.26 Å². The summed E-state index contributed by atoms with van der Waals surface area (Å²) in [5.74, 6) is 1.45. The number of aliphatic hydroxyl groups excluding tert-OH is 1. The highest BCUT2D eigenvalue weighted by Gasteiger charge is 2.48. The predicted octanol–water partition coefficient (Wildman–Crippen LogP) is 3.65. The Bertz CT molecular complexity index is 283. The summed E-state index contributed by atoms with van der Waals surface area (Å²) in [5, 5.41) is 18.6. The van der Waals surface area contributed by atoms with Crippen molar-refractivity contribution in [3.05, 3.63) is 0 Å². The zero-order valence-electron chi connectivity index (χ0n) is 10.8. The number of unbranched alkanes of at least 4 members (excludes halogenated alkanes) is 1. The molecule has 17 heavy (non-hydrogen) atoms. The summed E-state index contributed by atoms with van der Waals surface area (Å²) in [4.78, 5) is 0. The van der Waals surface area contributed by atoms with Gasteiger partial charge in [-0.3, -0.25) is 0 Å². The zero-order valence-corrected chi connectivity index (χ0v) is 10.8. The third-order valence-electron chi connectivity index (χ3n) is 5.32. The molecule has 0 aromatic carbocycles. The van der Waals surface area contributed by atoms with E-state index in [-0.39, 0.29) is 5.41 Å². The van der Waals surface area contributed by atoms with Crippen molar-refractivity contribution in [1.29, 1.82) is 5.26 Å². The molecule has 0 bridgehead atoms. The van der Waals surface area contributed by atoms with Gasteiger partial charge < -0.3 is 5.11 Å². The molecular weight excluding hydrogens is 210 g/mol. The maximum Gasteiger partial charge on any atom is 0.0621 e. The highest BCUT2D eigenvalue weighted by molar-refractivity contribution is 4.98. The van der Waals surface area contributed by atoms with Crippen molar-refractivity contribution >= 4 is 0 Å². The van der Waals surface area contributed by atoms with Crippen LogP contribution in [0.1, 0.15) is 64.2 Å². The smallest absolute Gasteiger partial charge is 0.0621 e. The SMILES string of the molecule is N#CCCC[C@@H]1CC[C@@H]2CCCCC[C@]12CO. The fourth-order valence-electron chi connectivity index (χ4n) is 4.37. The van der Waals surface area contributed by atoms with Gasteiger partial charge in [0.15, 0.2) is 0 Å². The van der Waals surface area contributed by atoms with Gasteiger partial charge >= 0.3 is 0 Å². The van der Waals surface area contributed by atoms with Gasteiger partial charge in [-0.25, -0.2) is 0 Å². The van der Waals surface area contributed by atoms with E-state index in [1.165, 1.54) is 44.9 Å². The van der Waals surface area contributed by atoms with E-state index in [1.54, 1.807) is 0 Å². The van der Waals surface area contributed by atoms with Gasteiger partial charge in [-0.15, -0.1) is 0 Å². The molecule has 96 valence electrons. The number of nitriles is 1. The molecule has 0 amide bonds. The number of rotatable bonds is 4. The third-order valence-corrected chi connectivity index (χ3v) is 5.32. The predicted molar refractivity (Wildman–Crippen MR) is 68.3 cm³/mol. The van der Waals surface area contributed by atoms with E-state index in [4.69, 9.17) is 5.26 Å². The minimum absolute atomic E-state index is 0.228. The van der Waals surface area contributed by atoms with Crippen LogP contribution in [0.4, 0.5) is 0 Å². The van der Waals surface area contributed by atoms with Gasteiger partial charge in [0.25, 0.3) is 0 Å². The van der Waals surface area contributed by atoms with E-state index in [0.717, 1.165) is 18.8 Å². The Labute approximate surface area is 105 Å². The van der Waals surface area contributed by atoms with Crippen LogP contribution in [0, 0.1) is 28.6 Å². The summed E-state index contributed by atoms with van der Waals surface area (Å²) in [7, 11) is 0. The fraction of sp³-hybridized carbons (Fsp3) is 0.933. The average Bonchev–Trinajstić information content (AvgIpc) is 2.56. The summed E-state index contributed by atoms with van der Waals surface area (Å²) in [6, 6.07) is 2.24. The second-order valence-electron chi connectivity index (χ2n) is 6.01.